The zero-order valence-corrected chi connectivity index (χ0v) is 9.60. The van der Waals surface area contributed by atoms with Gasteiger partial charge in [0.05, 0.1) is 3.23 Å². The number of alkyl halides is 2. The molecule has 0 aromatic heterocycles. The molecule has 0 aliphatic heterocycles. The first-order chi connectivity index (χ1) is 5.59. The summed E-state index contributed by atoms with van der Waals surface area (Å²) in [6, 6.07) is 8.07. The van der Waals surface area contributed by atoms with Gasteiger partial charge in [0.1, 0.15) is 0 Å². The summed E-state index contributed by atoms with van der Waals surface area (Å²) in [6.45, 7) is 0. The molecule has 1 aliphatic rings. The largest absolute Gasteiger partial charge is 0.399 e. The first-order valence-corrected chi connectivity index (χ1v) is 5.41. The molecule has 2 rings (SSSR count). The fourth-order valence-corrected chi connectivity index (χ4v) is 2.48. The van der Waals surface area contributed by atoms with E-state index in [-0.39, 0.29) is 3.23 Å². The molecule has 0 radical (unpaired) electrons. The minimum absolute atomic E-state index is 0.149. The number of nitrogens with two attached hydrogens (primary N) is 1. The first-order valence-electron chi connectivity index (χ1n) is 3.83. The van der Waals surface area contributed by atoms with Crippen LogP contribution in [0.5, 0.6) is 0 Å². The molecular formula is C9H9Br2N. The second-order valence-corrected chi connectivity index (χ2v) is 7.08. The maximum Gasteiger partial charge on any atom is 0.0881 e. The Bertz CT molecular complexity index is 292. The number of hydrogen-bond acceptors (Lipinski definition) is 1. The molecule has 0 amide bonds. The van der Waals surface area contributed by atoms with Crippen LogP contribution in [0.15, 0.2) is 24.3 Å². The number of hydrogen-bond donors (Lipinski definition) is 1. The standard InChI is InChI=1S/C9H9Br2N/c10-9(11)5-8(9)6-1-3-7(12)4-2-6/h1-4,8H,5,12H2. The highest BCUT2D eigenvalue weighted by Gasteiger charge is 2.50. The van der Waals surface area contributed by atoms with Crippen molar-refractivity contribution in [3.63, 3.8) is 0 Å². The highest BCUT2D eigenvalue weighted by molar-refractivity contribution is 9.25. The van der Waals surface area contributed by atoms with Gasteiger partial charge in [0.2, 0.25) is 0 Å². The topological polar surface area (TPSA) is 26.0 Å². The van der Waals surface area contributed by atoms with E-state index < -0.39 is 0 Å². The summed E-state index contributed by atoms with van der Waals surface area (Å²) < 4.78 is 0.149. The lowest BCUT2D eigenvalue weighted by molar-refractivity contribution is 1.13. The summed E-state index contributed by atoms with van der Waals surface area (Å²) in [6.07, 6.45) is 1.15. The summed E-state index contributed by atoms with van der Waals surface area (Å²) in [4.78, 5) is 0. The Balaban J connectivity index is 2.21. The van der Waals surface area contributed by atoms with E-state index in [9.17, 15) is 0 Å². The molecule has 1 unspecified atom stereocenters. The lowest BCUT2D eigenvalue weighted by Crippen LogP contribution is -1.89. The fraction of sp³-hybridized carbons (Fsp3) is 0.333. The third-order valence-electron chi connectivity index (χ3n) is 2.16. The normalized spacial score (nSPS) is 25.3. The molecule has 12 heavy (non-hydrogen) atoms. The van der Waals surface area contributed by atoms with Crippen molar-refractivity contribution in [2.75, 3.05) is 5.73 Å². The van der Waals surface area contributed by atoms with E-state index in [1.165, 1.54) is 5.56 Å². The highest BCUT2D eigenvalue weighted by Crippen LogP contribution is 2.62. The molecule has 1 nitrogen and oxygen atoms in total. The van der Waals surface area contributed by atoms with Crippen molar-refractivity contribution in [2.45, 2.75) is 15.6 Å². The predicted octanol–water partition coefficient (Wildman–Crippen LogP) is 3.24. The summed E-state index contributed by atoms with van der Waals surface area (Å²) >= 11 is 7.19. The second-order valence-electron chi connectivity index (χ2n) is 3.18. The molecule has 1 aromatic rings. The lowest BCUT2D eigenvalue weighted by Gasteiger charge is -2.00. The Labute approximate surface area is 88.6 Å². The van der Waals surface area contributed by atoms with Crippen LogP contribution in [0.1, 0.15) is 17.9 Å². The van der Waals surface area contributed by atoms with Gasteiger partial charge in [0.15, 0.2) is 0 Å². The maximum absolute atomic E-state index is 5.59. The molecule has 3 heteroatoms. The van der Waals surface area contributed by atoms with Crippen molar-refractivity contribution in [3.8, 4) is 0 Å². The molecule has 1 aromatic carbocycles. The van der Waals surface area contributed by atoms with Gasteiger partial charge in [-0.15, -0.1) is 0 Å². The van der Waals surface area contributed by atoms with E-state index in [1.54, 1.807) is 0 Å². The molecule has 0 spiro atoms. The zero-order chi connectivity index (χ0) is 8.77. The van der Waals surface area contributed by atoms with Gasteiger partial charge >= 0.3 is 0 Å². The Kier molecular flexibility index (Phi) is 1.96. The van der Waals surface area contributed by atoms with Crippen molar-refractivity contribution in [3.05, 3.63) is 29.8 Å². The van der Waals surface area contributed by atoms with Crippen LogP contribution < -0.4 is 5.73 Å². The summed E-state index contributed by atoms with van der Waals surface area (Å²) in [5.41, 5.74) is 7.76. The van der Waals surface area contributed by atoms with E-state index >= 15 is 0 Å². The van der Waals surface area contributed by atoms with Crippen LogP contribution in [-0.4, -0.2) is 3.23 Å². The van der Waals surface area contributed by atoms with Gasteiger partial charge in [-0.2, -0.15) is 0 Å². The maximum atomic E-state index is 5.59. The fourth-order valence-electron chi connectivity index (χ4n) is 1.30. The van der Waals surface area contributed by atoms with Crippen LogP contribution >= 0.6 is 31.9 Å². The minimum Gasteiger partial charge on any atom is -0.399 e. The van der Waals surface area contributed by atoms with Gasteiger partial charge in [0, 0.05) is 11.6 Å². The van der Waals surface area contributed by atoms with E-state index in [2.05, 4.69) is 44.0 Å². The van der Waals surface area contributed by atoms with E-state index in [0.29, 0.717) is 5.92 Å². The van der Waals surface area contributed by atoms with Gasteiger partial charge in [-0.05, 0) is 24.1 Å². The van der Waals surface area contributed by atoms with Crippen molar-refractivity contribution in [2.24, 2.45) is 0 Å². The van der Waals surface area contributed by atoms with E-state index in [0.717, 1.165) is 12.1 Å². The van der Waals surface area contributed by atoms with Gasteiger partial charge in [0.25, 0.3) is 0 Å². The second kappa shape index (κ2) is 2.74. The molecule has 0 bridgehead atoms. The SMILES string of the molecule is Nc1ccc(C2CC2(Br)Br)cc1. The molecular weight excluding hydrogens is 282 g/mol. The third kappa shape index (κ3) is 1.52. The molecule has 2 N–H and O–H groups in total. The molecule has 1 atom stereocenters. The monoisotopic (exact) mass is 289 g/mol. The number of rotatable bonds is 1. The molecule has 1 fully saturated rings. The summed E-state index contributed by atoms with van der Waals surface area (Å²) in [5.74, 6) is 0.595. The van der Waals surface area contributed by atoms with Crippen LogP contribution in [-0.2, 0) is 0 Å². The number of anilines is 1. The van der Waals surface area contributed by atoms with Gasteiger partial charge < -0.3 is 5.73 Å². The molecule has 0 heterocycles. The van der Waals surface area contributed by atoms with Crippen LogP contribution in [0.25, 0.3) is 0 Å². The van der Waals surface area contributed by atoms with Gasteiger partial charge in [-0.3, -0.25) is 0 Å². The minimum atomic E-state index is 0.149. The van der Waals surface area contributed by atoms with Crippen molar-refractivity contribution in [1.82, 2.24) is 0 Å². The van der Waals surface area contributed by atoms with Crippen LogP contribution in [0.3, 0.4) is 0 Å². The van der Waals surface area contributed by atoms with E-state index in [1.807, 2.05) is 12.1 Å². The Hall–Kier alpha value is -0.0200. The number of halogens is 2. The average molecular weight is 291 g/mol. The van der Waals surface area contributed by atoms with Crippen LogP contribution in [0.4, 0.5) is 5.69 Å². The summed E-state index contributed by atoms with van der Waals surface area (Å²) in [5, 5.41) is 0. The Morgan fingerprint density at radius 1 is 1.25 bits per heavy atom. The van der Waals surface area contributed by atoms with Crippen molar-refractivity contribution >= 4 is 37.5 Å². The predicted molar refractivity (Wildman–Crippen MR) is 58.8 cm³/mol. The molecule has 1 saturated carbocycles. The molecule has 1 aliphatic carbocycles. The van der Waals surface area contributed by atoms with Crippen LogP contribution in [0, 0.1) is 0 Å². The number of nitrogen functional groups attached to an aromatic ring is 1. The quantitative estimate of drug-likeness (QED) is 0.624. The van der Waals surface area contributed by atoms with Crippen molar-refractivity contribution in [1.29, 1.82) is 0 Å². The Morgan fingerprint density at radius 3 is 2.17 bits per heavy atom. The van der Waals surface area contributed by atoms with E-state index in [4.69, 9.17) is 5.73 Å². The molecule has 64 valence electrons. The zero-order valence-electron chi connectivity index (χ0n) is 6.43. The third-order valence-corrected chi connectivity index (χ3v) is 3.92. The number of benzene rings is 1. The lowest BCUT2D eigenvalue weighted by atomic mass is 10.1. The first kappa shape index (κ1) is 8.57. The highest BCUT2D eigenvalue weighted by atomic mass is 79.9. The Morgan fingerprint density at radius 2 is 1.75 bits per heavy atom. The molecule has 0 saturated heterocycles. The van der Waals surface area contributed by atoms with Gasteiger partial charge in [-0.25, -0.2) is 0 Å². The van der Waals surface area contributed by atoms with Crippen molar-refractivity contribution < 1.29 is 0 Å². The summed E-state index contributed by atoms with van der Waals surface area (Å²) in [7, 11) is 0. The smallest absolute Gasteiger partial charge is 0.0881 e. The average Bonchev–Trinajstić information content (AvgIpc) is 2.61. The van der Waals surface area contributed by atoms with Gasteiger partial charge in [-0.1, -0.05) is 44.0 Å². The van der Waals surface area contributed by atoms with Crippen LogP contribution in [0.2, 0.25) is 0 Å².